The van der Waals surface area contributed by atoms with Gasteiger partial charge in [-0.2, -0.15) is 0 Å². The monoisotopic (exact) mass is 343 g/mol. The molecule has 0 aliphatic rings. The fourth-order valence-corrected chi connectivity index (χ4v) is 4.62. The van der Waals surface area contributed by atoms with Gasteiger partial charge in [-0.05, 0) is 25.0 Å². The van der Waals surface area contributed by atoms with Crippen LogP contribution in [0.5, 0.6) is 0 Å². The van der Waals surface area contributed by atoms with Crippen LogP contribution in [0.1, 0.15) is 20.8 Å². The number of carbonyl (C=O) groups is 1. The summed E-state index contributed by atoms with van der Waals surface area (Å²) in [5.74, 6) is -0.532. The van der Waals surface area contributed by atoms with Crippen LogP contribution in [0.15, 0.2) is 35.2 Å². The van der Waals surface area contributed by atoms with E-state index in [0.29, 0.717) is 5.75 Å². The summed E-state index contributed by atoms with van der Waals surface area (Å²) < 4.78 is 16.8. The number of aliphatic carboxylic acids is 1. The Labute approximate surface area is 137 Å². The second kappa shape index (κ2) is 9.29. The predicted octanol–water partition coefficient (Wildman–Crippen LogP) is 3.93. The van der Waals surface area contributed by atoms with Gasteiger partial charge in [-0.1, -0.05) is 36.6 Å². The van der Waals surface area contributed by atoms with Crippen LogP contribution in [0.2, 0.25) is 0 Å². The van der Waals surface area contributed by atoms with Gasteiger partial charge < -0.3 is 9.84 Å². The van der Waals surface area contributed by atoms with E-state index in [1.54, 1.807) is 18.7 Å². The largest absolute Gasteiger partial charge is 0.479 e. The normalized spacial score (nSPS) is 15.6. The molecule has 0 amide bonds. The van der Waals surface area contributed by atoms with Gasteiger partial charge in [-0.25, -0.2) is 4.79 Å². The smallest absolute Gasteiger partial charge is 0.340 e. The first kappa shape index (κ1) is 19.1. The average Bonchev–Trinajstić information content (AvgIpc) is 2.48. The number of ether oxygens (including phenoxy) is 1. The van der Waals surface area contributed by atoms with Gasteiger partial charge in [-0.3, -0.25) is 0 Å². The first-order valence-corrected chi connectivity index (χ1v) is 9.48. The van der Waals surface area contributed by atoms with Gasteiger partial charge in [0.2, 0.25) is 5.60 Å². The molecule has 6 heteroatoms. The van der Waals surface area contributed by atoms with Gasteiger partial charge in [0.05, 0.1) is 0 Å². The number of hydrogen-bond donors (Lipinski definition) is 1. The summed E-state index contributed by atoms with van der Waals surface area (Å²) in [6.45, 7) is 6.03. The molecule has 4 nitrogen and oxygen atoms in total. The topological polar surface area (TPSA) is 63.6 Å². The van der Waals surface area contributed by atoms with Crippen LogP contribution in [0.25, 0.3) is 0 Å². The molecule has 22 heavy (non-hydrogen) atoms. The van der Waals surface area contributed by atoms with Gasteiger partial charge in [0.15, 0.2) is 6.16 Å². The maximum atomic E-state index is 11.9. The lowest BCUT2D eigenvalue weighted by Gasteiger charge is -2.35. The summed E-state index contributed by atoms with van der Waals surface area (Å²) in [6, 6.07) is 9.86. The second-order valence-corrected chi connectivity index (χ2v) is 7.16. The molecule has 0 heterocycles. The number of hydrogen-bond acceptors (Lipinski definition) is 4. The SMILES string of the molecule is CCOC(C[PH+]=O)(C(=O)O)C(CSc1ccccc1)C(C)C. The van der Waals surface area contributed by atoms with E-state index < -0.39 is 20.0 Å². The van der Waals surface area contributed by atoms with E-state index >= 15 is 0 Å². The number of thioether (sulfide) groups is 1. The Balaban J connectivity index is 3.02. The second-order valence-electron chi connectivity index (χ2n) is 5.42. The van der Waals surface area contributed by atoms with Crippen LogP contribution >= 0.6 is 20.2 Å². The molecular formula is C16H24O4PS+. The van der Waals surface area contributed by atoms with E-state index in [1.807, 2.05) is 44.2 Å². The quantitative estimate of drug-likeness (QED) is 0.515. The minimum atomic E-state index is -1.38. The van der Waals surface area contributed by atoms with Crippen molar-refractivity contribution in [3.63, 3.8) is 0 Å². The molecule has 0 saturated heterocycles. The molecule has 1 rings (SSSR count). The van der Waals surface area contributed by atoms with Crippen molar-refractivity contribution in [1.82, 2.24) is 0 Å². The zero-order chi connectivity index (χ0) is 16.6. The highest BCUT2D eigenvalue weighted by Crippen LogP contribution is 2.36. The molecule has 3 atom stereocenters. The van der Waals surface area contributed by atoms with Gasteiger partial charge in [0.1, 0.15) is 0 Å². The molecule has 1 N–H and O–H groups in total. The Hall–Kier alpha value is -0.900. The van der Waals surface area contributed by atoms with Crippen LogP contribution < -0.4 is 0 Å². The van der Waals surface area contributed by atoms with Gasteiger partial charge in [0.25, 0.3) is 0 Å². The standard InChI is InChI=1S/C16H23O4PS/c1-4-20-16(11-21-19,15(17)18)14(12(2)3)10-22-13-8-6-5-7-9-13/h5-9,12,14H,4,10-11H2,1-3H3,(H,17,18)/p+1. The minimum Gasteiger partial charge on any atom is -0.479 e. The molecule has 0 aliphatic carbocycles. The predicted molar refractivity (Wildman–Crippen MR) is 91.4 cm³/mol. The third-order valence-corrected chi connectivity index (χ3v) is 5.48. The molecule has 1 aromatic rings. The van der Waals surface area contributed by atoms with E-state index in [2.05, 4.69) is 0 Å². The summed E-state index contributed by atoms with van der Waals surface area (Å²) in [5, 5.41) is 9.73. The highest BCUT2D eigenvalue weighted by molar-refractivity contribution is 7.99. The molecule has 122 valence electrons. The summed E-state index contributed by atoms with van der Waals surface area (Å²) >= 11 is 1.61. The van der Waals surface area contributed by atoms with Crippen molar-refractivity contribution in [3.05, 3.63) is 30.3 Å². The van der Waals surface area contributed by atoms with E-state index in [4.69, 9.17) is 4.74 Å². The van der Waals surface area contributed by atoms with E-state index in [0.717, 1.165) is 4.90 Å². The number of carboxylic acids is 1. The van der Waals surface area contributed by atoms with Gasteiger partial charge in [0, 0.05) is 23.2 Å². The Morgan fingerprint density at radius 1 is 1.36 bits per heavy atom. The van der Waals surface area contributed by atoms with Crippen LogP contribution in [0.3, 0.4) is 0 Å². The summed E-state index contributed by atoms with van der Waals surface area (Å²) in [5.41, 5.74) is -1.38. The van der Waals surface area contributed by atoms with Crippen molar-refractivity contribution in [3.8, 4) is 0 Å². The number of carboxylic acid groups (broad SMARTS) is 1. The van der Waals surface area contributed by atoms with Gasteiger partial charge in [-0.15, -0.1) is 11.8 Å². The van der Waals surface area contributed by atoms with E-state index in [1.165, 1.54) is 0 Å². The molecule has 0 aromatic heterocycles. The average molecular weight is 343 g/mol. The molecule has 0 fully saturated rings. The van der Waals surface area contributed by atoms with Crippen LogP contribution in [-0.4, -0.2) is 35.2 Å². The molecule has 0 bridgehead atoms. The van der Waals surface area contributed by atoms with E-state index in [-0.39, 0.29) is 24.6 Å². The van der Waals surface area contributed by atoms with Crippen molar-refractivity contribution in [2.45, 2.75) is 31.3 Å². The van der Waals surface area contributed by atoms with Crippen molar-refractivity contribution >= 4 is 26.2 Å². The maximum Gasteiger partial charge on any atom is 0.340 e. The zero-order valence-corrected chi connectivity index (χ0v) is 15.1. The molecule has 1 aromatic carbocycles. The fourth-order valence-electron chi connectivity index (χ4n) is 2.52. The third kappa shape index (κ3) is 4.80. The molecule has 0 saturated carbocycles. The molecular weight excluding hydrogens is 319 g/mol. The Morgan fingerprint density at radius 3 is 2.45 bits per heavy atom. The highest BCUT2D eigenvalue weighted by Gasteiger charge is 2.51. The summed E-state index contributed by atoms with van der Waals surface area (Å²) in [6.07, 6.45) is 0.0222. The Kier molecular flexibility index (Phi) is 8.08. The number of benzene rings is 1. The molecule has 0 radical (unpaired) electrons. The number of rotatable bonds is 10. The lowest BCUT2D eigenvalue weighted by atomic mass is 9.81. The molecule has 0 spiro atoms. The van der Waals surface area contributed by atoms with Crippen LogP contribution in [-0.2, 0) is 14.1 Å². The molecule has 0 aliphatic heterocycles. The maximum absolute atomic E-state index is 11.9. The van der Waals surface area contributed by atoms with Crippen molar-refractivity contribution in [2.24, 2.45) is 11.8 Å². The fraction of sp³-hybridized carbons (Fsp3) is 0.562. The van der Waals surface area contributed by atoms with Crippen LogP contribution in [0, 0.1) is 11.8 Å². The third-order valence-electron chi connectivity index (χ3n) is 3.68. The molecule has 3 unspecified atom stereocenters. The Morgan fingerprint density at radius 2 is 2.00 bits per heavy atom. The van der Waals surface area contributed by atoms with Crippen molar-refractivity contribution in [1.29, 1.82) is 0 Å². The summed E-state index contributed by atoms with van der Waals surface area (Å²) in [7, 11) is -0.697. The first-order valence-electron chi connectivity index (χ1n) is 7.38. The van der Waals surface area contributed by atoms with Gasteiger partial charge >= 0.3 is 14.4 Å². The van der Waals surface area contributed by atoms with Crippen molar-refractivity contribution < 1.29 is 19.2 Å². The van der Waals surface area contributed by atoms with Crippen molar-refractivity contribution in [2.75, 3.05) is 18.5 Å². The van der Waals surface area contributed by atoms with E-state index in [9.17, 15) is 14.5 Å². The first-order chi connectivity index (χ1) is 10.5. The minimum absolute atomic E-state index is 0.0222. The Bertz CT molecular complexity index is 480. The summed E-state index contributed by atoms with van der Waals surface area (Å²) in [4.78, 5) is 13.0. The lowest BCUT2D eigenvalue weighted by Crippen LogP contribution is -2.53. The lowest BCUT2D eigenvalue weighted by molar-refractivity contribution is -0.171. The van der Waals surface area contributed by atoms with Crippen LogP contribution in [0.4, 0.5) is 0 Å². The highest BCUT2D eigenvalue weighted by atomic mass is 32.2. The zero-order valence-electron chi connectivity index (χ0n) is 13.2.